The van der Waals surface area contributed by atoms with Gasteiger partial charge in [-0.2, -0.15) is 0 Å². The number of aliphatic carboxylic acids is 1. The van der Waals surface area contributed by atoms with E-state index in [1.807, 2.05) is 31.2 Å². The smallest absolute Gasteiger partial charge is 0.320 e. The topological polar surface area (TPSA) is 92.0 Å². The summed E-state index contributed by atoms with van der Waals surface area (Å²) in [6, 6.07) is 8.41. The summed E-state index contributed by atoms with van der Waals surface area (Å²) < 4.78 is 11.1. The van der Waals surface area contributed by atoms with Crippen LogP contribution in [-0.2, 0) is 11.4 Å². The Bertz CT molecular complexity index is 783. The standard InChI is InChI=1S/C19H22N2O5/c1-12-3-5-14(6-4-12)26-11-17-15(7-8-25-17)18(22)20-13-9-16(19(23)24)21(2)10-13/h3-8,13,16H,9-11H2,1-2H3,(H,20,22)(H,23,24)/t13-,16+/m1/s1. The van der Waals surface area contributed by atoms with Crippen molar-refractivity contribution in [1.29, 1.82) is 0 Å². The normalized spacial score (nSPS) is 20.1. The van der Waals surface area contributed by atoms with Crippen LogP contribution in [-0.4, -0.2) is 47.6 Å². The van der Waals surface area contributed by atoms with Crippen LogP contribution in [0.15, 0.2) is 41.0 Å². The van der Waals surface area contributed by atoms with Crippen molar-refractivity contribution in [2.45, 2.75) is 32.0 Å². The molecule has 2 atom stereocenters. The van der Waals surface area contributed by atoms with Gasteiger partial charge in [-0.1, -0.05) is 17.7 Å². The molecule has 26 heavy (non-hydrogen) atoms. The number of likely N-dealkylation sites (tertiary alicyclic amines) is 1. The van der Waals surface area contributed by atoms with Crippen LogP contribution in [0.25, 0.3) is 0 Å². The van der Waals surface area contributed by atoms with Crippen LogP contribution >= 0.6 is 0 Å². The zero-order valence-electron chi connectivity index (χ0n) is 14.8. The van der Waals surface area contributed by atoms with E-state index in [1.165, 1.54) is 6.26 Å². The first-order chi connectivity index (χ1) is 12.4. The molecular formula is C19H22N2O5. The molecule has 2 aromatic rings. The molecule has 0 radical (unpaired) electrons. The van der Waals surface area contributed by atoms with Gasteiger partial charge < -0.3 is 19.6 Å². The van der Waals surface area contributed by atoms with Gasteiger partial charge in [0.05, 0.1) is 11.8 Å². The van der Waals surface area contributed by atoms with Gasteiger partial charge >= 0.3 is 5.97 Å². The average Bonchev–Trinajstić information content (AvgIpc) is 3.20. The highest BCUT2D eigenvalue weighted by Crippen LogP contribution is 2.19. The molecule has 7 nitrogen and oxygen atoms in total. The number of ether oxygens (including phenoxy) is 1. The summed E-state index contributed by atoms with van der Waals surface area (Å²) in [5.74, 6) is -0.0327. The number of furan rings is 1. The van der Waals surface area contributed by atoms with E-state index in [2.05, 4.69) is 5.32 Å². The van der Waals surface area contributed by atoms with Gasteiger partial charge in [0.1, 0.15) is 18.4 Å². The molecule has 1 aliphatic rings. The third-order valence-corrected chi connectivity index (χ3v) is 4.55. The summed E-state index contributed by atoms with van der Waals surface area (Å²) in [5.41, 5.74) is 1.54. The fourth-order valence-electron chi connectivity index (χ4n) is 3.09. The largest absolute Gasteiger partial charge is 0.486 e. The molecular weight excluding hydrogens is 336 g/mol. The molecule has 138 valence electrons. The van der Waals surface area contributed by atoms with Crippen molar-refractivity contribution in [3.63, 3.8) is 0 Å². The Kier molecular flexibility index (Phi) is 5.27. The lowest BCUT2D eigenvalue weighted by Gasteiger charge is -2.13. The first kappa shape index (κ1) is 18.0. The molecule has 0 aliphatic carbocycles. The fraction of sp³-hybridized carbons (Fsp3) is 0.368. The number of carbonyl (C=O) groups is 2. The summed E-state index contributed by atoms with van der Waals surface area (Å²) in [5, 5.41) is 12.1. The lowest BCUT2D eigenvalue weighted by atomic mass is 10.1. The van der Waals surface area contributed by atoms with Crippen LogP contribution in [0.3, 0.4) is 0 Å². The van der Waals surface area contributed by atoms with E-state index in [0.29, 0.717) is 30.0 Å². The van der Waals surface area contributed by atoms with Crippen molar-refractivity contribution in [3.05, 3.63) is 53.5 Å². The minimum atomic E-state index is -0.875. The molecule has 0 saturated carbocycles. The molecule has 0 bridgehead atoms. The lowest BCUT2D eigenvalue weighted by molar-refractivity contribution is -0.141. The van der Waals surface area contributed by atoms with Gasteiger partial charge in [-0.25, -0.2) is 0 Å². The average molecular weight is 358 g/mol. The number of carboxylic acid groups (broad SMARTS) is 1. The number of benzene rings is 1. The number of amides is 1. The van der Waals surface area contributed by atoms with Crippen molar-refractivity contribution in [3.8, 4) is 5.75 Å². The summed E-state index contributed by atoms with van der Waals surface area (Å²) >= 11 is 0. The minimum absolute atomic E-state index is 0.140. The monoisotopic (exact) mass is 358 g/mol. The Hall–Kier alpha value is -2.80. The van der Waals surface area contributed by atoms with Gasteiger partial charge in [0, 0.05) is 12.6 Å². The number of carbonyl (C=O) groups excluding carboxylic acids is 1. The van der Waals surface area contributed by atoms with E-state index in [0.717, 1.165) is 5.56 Å². The van der Waals surface area contributed by atoms with Gasteiger partial charge in [-0.15, -0.1) is 0 Å². The maximum Gasteiger partial charge on any atom is 0.320 e. The molecule has 1 fully saturated rings. The zero-order chi connectivity index (χ0) is 18.7. The van der Waals surface area contributed by atoms with Crippen LogP contribution in [0, 0.1) is 6.92 Å². The second-order valence-corrected chi connectivity index (χ2v) is 6.56. The Morgan fingerprint density at radius 2 is 2.04 bits per heavy atom. The number of hydrogen-bond acceptors (Lipinski definition) is 5. The molecule has 1 amide bonds. The van der Waals surface area contributed by atoms with Crippen molar-refractivity contribution in [2.75, 3.05) is 13.6 Å². The predicted octanol–water partition coefficient (Wildman–Crippen LogP) is 2.05. The number of carboxylic acids is 1. The zero-order valence-corrected chi connectivity index (χ0v) is 14.8. The Morgan fingerprint density at radius 3 is 2.69 bits per heavy atom. The molecule has 2 N–H and O–H groups in total. The van der Waals surface area contributed by atoms with Crippen molar-refractivity contribution in [2.24, 2.45) is 0 Å². The molecule has 2 heterocycles. The predicted molar refractivity (Wildman–Crippen MR) is 94.1 cm³/mol. The highest BCUT2D eigenvalue weighted by molar-refractivity contribution is 5.95. The van der Waals surface area contributed by atoms with E-state index in [-0.39, 0.29) is 18.6 Å². The van der Waals surface area contributed by atoms with E-state index in [1.54, 1.807) is 18.0 Å². The van der Waals surface area contributed by atoms with Crippen molar-refractivity contribution < 1.29 is 23.8 Å². The summed E-state index contributed by atoms with van der Waals surface area (Å²) in [6.45, 7) is 2.63. The number of likely N-dealkylation sites (N-methyl/N-ethyl adjacent to an activating group) is 1. The highest BCUT2D eigenvalue weighted by Gasteiger charge is 2.35. The van der Waals surface area contributed by atoms with Crippen LogP contribution in [0.4, 0.5) is 0 Å². The number of aryl methyl sites for hydroxylation is 1. The van der Waals surface area contributed by atoms with Crippen molar-refractivity contribution in [1.82, 2.24) is 10.2 Å². The van der Waals surface area contributed by atoms with Gasteiger partial charge in [0.2, 0.25) is 0 Å². The quantitative estimate of drug-likeness (QED) is 0.821. The molecule has 1 saturated heterocycles. The van der Waals surface area contributed by atoms with Gasteiger partial charge in [-0.05, 0) is 38.6 Å². The Labute approximate surface area is 151 Å². The molecule has 3 rings (SSSR count). The second kappa shape index (κ2) is 7.61. The molecule has 1 aromatic carbocycles. The van der Waals surface area contributed by atoms with Gasteiger partial charge in [0.15, 0.2) is 5.76 Å². The van der Waals surface area contributed by atoms with Crippen molar-refractivity contribution >= 4 is 11.9 Å². The first-order valence-electron chi connectivity index (χ1n) is 8.44. The van der Waals surface area contributed by atoms with E-state index < -0.39 is 12.0 Å². The maximum absolute atomic E-state index is 12.5. The summed E-state index contributed by atoms with van der Waals surface area (Å²) in [6.07, 6.45) is 1.83. The Balaban J connectivity index is 1.60. The number of nitrogens with zero attached hydrogens (tertiary/aromatic N) is 1. The van der Waals surface area contributed by atoms with Crippen LogP contribution in [0.5, 0.6) is 5.75 Å². The van der Waals surface area contributed by atoms with E-state index in [4.69, 9.17) is 9.15 Å². The summed E-state index contributed by atoms with van der Waals surface area (Å²) in [7, 11) is 1.74. The third kappa shape index (κ3) is 4.05. The maximum atomic E-state index is 12.5. The summed E-state index contributed by atoms with van der Waals surface area (Å²) in [4.78, 5) is 25.4. The number of hydrogen-bond donors (Lipinski definition) is 2. The molecule has 7 heteroatoms. The molecule has 0 unspecified atom stereocenters. The first-order valence-corrected chi connectivity index (χ1v) is 8.44. The minimum Gasteiger partial charge on any atom is -0.486 e. The van der Waals surface area contributed by atoms with Gasteiger partial charge in [-0.3, -0.25) is 14.5 Å². The SMILES string of the molecule is Cc1ccc(OCc2occc2C(=O)N[C@@H]2C[C@@H](C(=O)O)N(C)C2)cc1. The number of rotatable bonds is 6. The molecule has 1 aliphatic heterocycles. The number of nitrogens with one attached hydrogen (secondary N) is 1. The Morgan fingerprint density at radius 1 is 1.31 bits per heavy atom. The van der Waals surface area contributed by atoms with Gasteiger partial charge in [0.25, 0.3) is 5.91 Å². The van der Waals surface area contributed by atoms with E-state index >= 15 is 0 Å². The fourth-order valence-corrected chi connectivity index (χ4v) is 3.09. The van der Waals surface area contributed by atoms with Crippen LogP contribution in [0.2, 0.25) is 0 Å². The highest BCUT2D eigenvalue weighted by atomic mass is 16.5. The molecule has 1 aromatic heterocycles. The third-order valence-electron chi connectivity index (χ3n) is 4.55. The second-order valence-electron chi connectivity index (χ2n) is 6.56. The van der Waals surface area contributed by atoms with Crippen LogP contribution < -0.4 is 10.1 Å². The molecule has 0 spiro atoms. The lowest BCUT2D eigenvalue weighted by Crippen LogP contribution is -2.36. The van der Waals surface area contributed by atoms with E-state index in [9.17, 15) is 14.7 Å². The van der Waals surface area contributed by atoms with Crippen LogP contribution in [0.1, 0.15) is 28.1 Å².